The second-order valence-electron chi connectivity index (χ2n) is 6.23. The van der Waals surface area contributed by atoms with Crippen molar-refractivity contribution in [1.82, 2.24) is 19.6 Å². The summed E-state index contributed by atoms with van der Waals surface area (Å²) in [6.07, 6.45) is 3.96. The van der Waals surface area contributed by atoms with Crippen LogP contribution in [0.2, 0.25) is 0 Å². The van der Waals surface area contributed by atoms with E-state index in [0.29, 0.717) is 25.6 Å². The third-order valence-corrected chi connectivity index (χ3v) is 7.43. The molecule has 2 aromatic heterocycles. The Balaban J connectivity index is 0.00000208. The zero-order valence-electron chi connectivity index (χ0n) is 13.9. The number of halogens is 1. The minimum absolute atomic E-state index is 0. The average molecular weight is 483 g/mol. The zero-order valence-corrected chi connectivity index (χ0v) is 17.9. The minimum atomic E-state index is -3.05. The highest BCUT2D eigenvalue weighted by atomic mass is 127. The van der Waals surface area contributed by atoms with Crippen LogP contribution in [0.4, 0.5) is 0 Å². The van der Waals surface area contributed by atoms with Gasteiger partial charge in [0.25, 0.3) is 0 Å². The monoisotopic (exact) mass is 483 g/mol. The van der Waals surface area contributed by atoms with Gasteiger partial charge in [0.2, 0.25) is 0 Å². The summed E-state index contributed by atoms with van der Waals surface area (Å²) in [5, 5.41) is 5.28. The summed E-state index contributed by atoms with van der Waals surface area (Å²) < 4.78 is 25.4. The molecule has 10 heteroatoms. The lowest BCUT2D eigenvalue weighted by atomic mass is 10.2. The van der Waals surface area contributed by atoms with Crippen molar-refractivity contribution in [2.75, 3.05) is 25.9 Å². The molecule has 0 amide bonds. The van der Waals surface area contributed by atoms with Crippen molar-refractivity contribution in [3.05, 3.63) is 23.5 Å². The van der Waals surface area contributed by atoms with Gasteiger partial charge >= 0.3 is 0 Å². The molecule has 0 atom stereocenters. The zero-order chi connectivity index (χ0) is 16.7. The molecule has 1 aliphatic heterocycles. The van der Waals surface area contributed by atoms with E-state index in [1.165, 1.54) is 0 Å². The van der Waals surface area contributed by atoms with E-state index in [-0.39, 0.29) is 29.7 Å². The molecule has 2 aromatic rings. The first-order valence-corrected chi connectivity index (χ1v) is 9.94. The maximum absolute atomic E-state index is 12.1. The fourth-order valence-electron chi connectivity index (χ4n) is 2.69. The highest BCUT2D eigenvalue weighted by Crippen LogP contribution is 2.23. The molecule has 1 saturated heterocycles. The predicted octanol–water partition coefficient (Wildman–Crippen LogP) is 1.60. The van der Waals surface area contributed by atoms with Gasteiger partial charge in [-0.1, -0.05) is 0 Å². The van der Waals surface area contributed by atoms with E-state index in [4.69, 9.17) is 0 Å². The summed E-state index contributed by atoms with van der Waals surface area (Å²) in [7, 11) is -1.34. The van der Waals surface area contributed by atoms with Gasteiger partial charge < -0.3 is 10.2 Å². The van der Waals surface area contributed by atoms with E-state index in [1.807, 2.05) is 27.1 Å². The summed E-state index contributed by atoms with van der Waals surface area (Å²) in [4.78, 5) is 11.8. The van der Waals surface area contributed by atoms with E-state index in [0.717, 1.165) is 10.7 Å². The maximum atomic E-state index is 12.1. The Kier molecular flexibility index (Phi) is 5.80. The van der Waals surface area contributed by atoms with Crippen molar-refractivity contribution in [3.8, 4) is 0 Å². The van der Waals surface area contributed by atoms with Crippen molar-refractivity contribution in [3.63, 3.8) is 0 Å². The second kappa shape index (κ2) is 7.16. The lowest BCUT2D eigenvalue weighted by Gasteiger charge is -2.39. The number of thiazole rings is 1. The summed E-state index contributed by atoms with van der Waals surface area (Å²) in [5.74, 6) is 0.866. The quantitative estimate of drug-likeness (QED) is 0.399. The molecule has 3 heterocycles. The van der Waals surface area contributed by atoms with Crippen LogP contribution < -0.4 is 5.32 Å². The Labute approximate surface area is 163 Å². The first-order chi connectivity index (χ1) is 10.8. The smallest absolute Gasteiger partial charge is 0.194 e. The Morgan fingerprint density at radius 1 is 1.50 bits per heavy atom. The van der Waals surface area contributed by atoms with Crippen LogP contribution in [-0.4, -0.2) is 59.3 Å². The van der Waals surface area contributed by atoms with Crippen LogP contribution in [-0.2, 0) is 16.4 Å². The molecule has 134 valence electrons. The number of hydrogen-bond donors (Lipinski definition) is 1. The van der Waals surface area contributed by atoms with Gasteiger partial charge in [-0.05, 0) is 13.8 Å². The van der Waals surface area contributed by atoms with E-state index >= 15 is 0 Å². The van der Waals surface area contributed by atoms with Crippen LogP contribution in [0.1, 0.15) is 19.5 Å². The molecule has 0 aliphatic carbocycles. The van der Waals surface area contributed by atoms with E-state index < -0.39 is 14.6 Å². The number of fused-ring (bicyclic) bond motifs is 1. The van der Waals surface area contributed by atoms with Gasteiger partial charge in [-0.15, -0.1) is 35.3 Å². The normalized spacial score (nSPS) is 20.0. The molecule has 0 unspecified atom stereocenters. The minimum Gasteiger partial charge on any atom is -0.351 e. The molecule has 3 rings (SSSR count). The summed E-state index contributed by atoms with van der Waals surface area (Å²) in [5.41, 5.74) is 0.932. The summed E-state index contributed by atoms with van der Waals surface area (Å²) in [6, 6.07) is 0. The highest BCUT2D eigenvalue weighted by Gasteiger charge is 2.40. The first kappa shape index (κ1) is 19.4. The number of rotatable bonds is 2. The van der Waals surface area contributed by atoms with Gasteiger partial charge in [-0.2, -0.15) is 0 Å². The van der Waals surface area contributed by atoms with Crippen molar-refractivity contribution >= 4 is 56.1 Å². The molecule has 0 saturated carbocycles. The molecule has 0 aromatic carbocycles. The van der Waals surface area contributed by atoms with Gasteiger partial charge in [0.05, 0.1) is 22.7 Å². The van der Waals surface area contributed by atoms with E-state index in [9.17, 15) is 8.42 Å². The maximum Gasteiger partial charge on any atom is 0.194 e. The number of aliphatic imine (C=N–C) groups is 1. The molecule has 0 radical (unpaired) electrons. The topological polar surface area (TPSA) is 79.1 Å². The molecular formula is C14H22IN5O2S2. The van der Waals surface area contributed by atoms with Gasteiger partial charge in [-0.25, -0.2) is 13.4 Å². The molecule has 24 heavy (non-hydrogen) atoms. The van der Waals surface area contributed by atoms with Crippen LogP contribution in [0.5, 0.6) is 0 Å². The molecule has 0 spiro atoms. The standard InChI is InChI=1S/C14H21N5O2S2.HI/c1-14(2)10-19(5-7-23(14,20)21)12(15-3)16-8-11-9-18-4-6-22-13(18)17-11;/h4,6,9H,5,7-8,10H2,1-3H3,(H,15,16);1H. The highest BCUT2D eigenvalue weighted by molar-refractivity contribution is 14.0. The molecular weight excluding hydrogens is 461 g/mol. The van der Waals surface area contributed by atoms with E-state index in [1.54, 1.807) is 32.2 Å². The van der Waals surface area contributed by atoms with Crippen LogP contribution in [0.25, 0.3) is 4.96 Å². The SMILES string of the molecule is CN=C(NCc1cn2ccsc2n1)N1CCS(=O)(=O)C(C)(C)C1.I. The Bertz CT molecular complexity index is 812. The third-order valence-electron chi connectivity index (χ3n) is 4.13. The van der Waals surface area contributed by atoms with Crippen molar-refractivity contribution in [1.29, 1.82) is 0 Å². The lowest BCUT2D eigenvalue weighted by molar-refractivity contribution is 0.353. The fraction of sp³-hybridized carbons (Fsp3) is 0.571. The van der Waals surface area contributed by atoms with Crippen LogP contribution in [0.15, 0.2) is 22.8 Å². The number of imidazole rings is 1. The predicted molar refractivity (Wildman–Crippen MR) is 108 cm³/mol. The Morgan fingerprint density at radius 2 is 2.25 bits per heavy atom. The van der Waals surface area contributed by atoms with Crippen LogP contribution >= 0.6 is 35.3 Å². The Morgan fingerprint density at radius 3 is 2.88 bits per heavy atom. The largest absolute Gasteiger partial charge is 0.351 e. The summed E-state index contributed by atoms with van der Waals surface area (Å²) in [6.45, 7) is 5.00. The number of nitrogens with zero attached hydrogens (tertiary/aromatic N) is 4. The molecule has 0 bridgehead atoms. The van der Waals surface area contributed by atoms with Crippen molar-refractivity contribution in [2.24, 2.45) is 4.99 Å². The second-order valence-corrected chi connectivity index (χ2v) is 9.84. The van der Waals surface area contributed by atoms with Gasteiger partial charge in [0, 0.05) is 37.9 Å². The molecule has 1 aliphatic rings. The van der Waals surface area contributed by atoms with Crippen molar-refractivity contribution < 1.29 is 8.42 Å². The number of sulfone groups is 1. The Hall–Kier alpha value is -0.880. The molecule has 7 nitrogen and oxygen atoms in total. The van der Waals surface area contributed by atoms with Gasteiger partial charge in [-0.3, -0.25) is 9.39 Å². The average Bonchev–Trinajstić information content (AvgIpc) is 3.04. The number of nitrogens with one attached hydrogen (secondary N) is 1. The number of hydrogen-bond acceptors (Lipinski definition) is 5. The van der Waals surface area contributed by atoms with Gasteiger partial charge in [0.15, 0.2) is 20.8 Å². The van der Waals surface area contributed by atoms with Crippen LogP contribution in [0.3, 0.4) is 0 Å². The summed E-state index contributed by atoms with van der Waals surface area (Å²) >= 11 is 1.59. The van der Waals surface area contributed by atoms with E-state index in [2.05, 4.69) is 15.3 Å². The first-order valence-electron chi connectivity index (χ1n) is 7.41. The van der Waals surface area contributed by atoms with Crippen molar-refractivity contribution in [2.45, 2.75) is 25.1 Å². The molecule has 1 fully saturated rings. The fourth-order valence-corrected chi connectivity index (χ4v) is 4.77. The number of guanidine groups is 1. The molecule has 1 N–H and O–H groups in total. The lowest BCUT2D eigenvalue weighted by Crippen LogP contribution is -2.57. The van der Waals surface area contributed by atoms with Gasteiger partial charge in [0.1, 0.15) is 0 Å². The number of aromatic nitrogens is 2. The van der Waals surface area contributed by atoms with Crippen LogP contribution in [0, 0.1) is 0 Å². The third kappa shape index (κ3) is 3.69.